The van der Waals surface area contributed by atoms with Crippen LogP contribution in [0.3, 0.4) is 0 Å². The summed E-state index contributed by atoms with van der Waals surface area (Å²) in [7, 11) is 0. The minimum atomic E-state index is -0.872. The Morgan fingerprint density at radius 1 is 1.29 bits per heavy atom. The molecule has 1 saturated heterocycles. The van der Waals surface area contributed by atoms with Crippen molar-refractivity contribution >= 4 is 23.6 Å². The van der Waals surface area contributed by atoms with Crippen LogP contribution in [0.1, 0.15) is 19.3 Å². The molecule has 0 aromatic rings. The zero-order valence-electron chi connectivity index (χ0n) is 9.72. The first-order valence-electron chi connectivity index (χ1n) is 5.98. The summed E-state index contributed by atoms with van der Waals surface area (Å²) in [5.74, 6) is -0.680. The lowest BCUT2D eigenvalue weighted by Gasteiger charge is -2.15. The molecule has 0 spiro atoms. The molecule has 1 saturated carbocycles. The third-order valence-electron chi connectivity index (χ3n) is 3.11. The predicted molar refractivity (Wildman–Crippen MR) is 66.1 cm³/mol. The smallest absolute Gasteiger partial charge is 0.313 e. The van der Waals surface area contributed by atoms with Gasteiger partial charge in [-0.2, -0.15) is 0 Å². The quantitative estimate of drug-likeness (QED) is 0.710. The summed E-state index contributed by atoms with van der Waals surface area (Å²) >= 11 is 1.15. The van der Waals surface area contributed by atoms with Gasteiger partial charge in [0.2, 0.25) is 5.91 Å². The van der Waals surface area contributed by atoms with Gasteiger partial charge in [-0.25, -0.2) is 0 Å². The first-order valence-corrected chi connectivity index (χ1v) is 7.13. The number of nitrogens with zero attached hydrogens (tertiary/aromatic N) is 1. The number of nitrogens with one attached hydrogen (secondary N) is 1. The molecule has 2 N–H and O–H groups in total. The van der Waals surface area contributed by atoms with Gasteiger partial charge < -0.3 is 10.4 Å². The zero-order chi connectivity index (χ0) is 12.3. The third-order valence-corrected chi connectivity index (χ3v) is 4.02. The molecule has 17 heavy (non-hydrogen) atoms. The van der Waals surface area contributed by atoms with Crippen molar-refractivity contribution in [2.75, 3.05) is 24.6 Å². The molecule has 1 aliphatic carbocycles. The highest BCUT2D eigenvalue weighted by molar-refractivity contribution is 8.00. The second kappa shape index (κ2) is 5.73. The number of carboxylic acids is 1. The van der Waals surface area contributed by atoms with E-state index in [1.54, 1.807) is 0 Å². The Kier molecular flexibility index (Phi) is 4.28. The van der Waals surface area contributed by atoms with Gasteiger partial charge in [-0.3, -0.25) is 14.5 Å². The summed E-state index contributed by atoms with van der Waals surface area (Å²) in [5, 5.41) is 11.4. The van der Waals surface area contributed by atoms with Crippen LogP contribution in [0, 0.1) is 0 Å². The number of thioether (sulfide) groups is 1. The monoisotopic (exact) mass is 258 g/mol. The van der Waals surface area contributed by atoms with Crippen molar-refractivity contribution < 1.29 is 14.7 Å². The summed E-state index contributed by atoms with van der Waals surface area (Å²) in [5.41, 5.74) is 0. The Balaban J connectivity index is 1.60. The van der Waals surface area contributed by atoms with E-state index in [4.69, 9.17) is 5.11 Å². The van der Waals surface area contributed by atoms with Crippen molar-refractivity contribution in [2.45, 2.75) is 31.3 Å². The van der Waals surface area contributed by atoms with Crippen LogP contribution in [0.15, 0.2) is 0 Å². The van der Waals surface area contributed by atoms with Crippen molar-refractivity contribution in [1.82, 2.24) is 10.2 Å². The summed E-state index contributed by atoms with van der Waals surface area (Å²) < 4.78 is 0. The van der Waals surface area contributed by atoms with E-state index in [9.17, 15) is 9.59 Å². The van der Waals surface area contributed by atoms with Gasteiger partial charge in [0.1, 0.15) is 0 Å². The number of hydrogen-bond acceptors (Lipinski definition) is 4. The summed E-state index contributed by atoms with van der Waals surface area (Å²) in [4.78, 5) is 24.3. The van der Waals surface area contributed by atoms with Gasteiger partial charge in [0.25, 0.3) is 0 Å². The third kappa shape index (κ3) is 4.20. The Bertz CT molecular complexity index is 307. The van der Waals surface area contributed by atoms with Crippen LogP contribution in [-0.4, -0.2) is 58.6 Å². The maximum atomic E-state index is 11.5. The lowest BCUT2D eigenvalue weighted by molar-refractivity contribution is -0.133. The number of carboxylic acid groups (broad SMARTS) is 1. The first-order chi connectivity index (χ1) is 8.15. The number of hydrogen-bond donors (Lipinski definition) is 2. The van der Waals surface area contributed by atoms with Gasteiger partial charge in [0.15, 0.2) is 0 Å². The topological polar surface area (TPSA) is 69.6 Å². The standard InChI is InChI=1S/C11H18N2O3S/c14-10(6-17-7-11(15)16)12-8-3-4-13(5-8)9-1-2-9/h8-9H,1-7H2,(H,12,14)(H,15,16). The van der Waals surface area contributed by atoms with Crippen molar-refractivity contribution in [1.29, 1.82) is 0 Å². The van der Waals surface area contributed by atoms with Gasteiger partial charge in [0.05, 0.1) is 11.5 Å². The number of carbonyl (C=O) groups excluding carboxylic acids is 1. The molecule has 6 heteroatoms. The fourth-order valence-corrected chi connectivity index (χ4v) is 2.72. The highest BCUT2D eigenvalue weighted by Crippen LogP contribution is 2.29. The van der Waals surface area contributed by atoms with Crippen molar-refractivity contribution in [3.63, 3.8) is 0 Å². The number of likely N-dealkylation sites (tertiary alicyclic amines) is 1. The van der Waals surface area contributed by atoms with Crippen molar-refractivity contribution in [2.24, 2.45) is 0 Å². The van der Waals surface area contributed by atoms with E-state index in [0.717, 1.165) is 37.3 Å². The average molecular weight is 258 g/mol. The van der Waals surface area contributed by atoms with E-state index in [1.807, 2.05) is 0 Å². The number of rotatable bonds is 6. The van der Waals surface area contributed by atoms with Crippen LogP contribution in [0.5, 0.6) is 0 Å². The Morgan fingerprint density at radius 3 is 2.71 bits per heavy atom. The number of carbonyl (C=O) groups is 2. The number of aliphatic carboxylic acids is 1. The molecule has 0 radical (unpaired) electrons. The lowest BCUT2D eigenvalue weighted by Crippen LogP contribution is -2.38. The second-order valence-electron chi connectivity index (χ2n) is 4.67. The summed E-state index contributed by atoms with van der Waals surface area (Å²) in [6.45, 7) is 2.04. The van der Waals surface area contributed by atoms with Crippen LogP contribution < -0.4 is 5.32 Å². The average Bonchev–Trinajstić information content (AvgIpc) is 3.00. The van der Waals surface area contributed by atoms with Crippen LogP contribution >= 0.6 is 11.8 Å². The van der Waals surface area contributed by atoms with E-state index in [2.05, 4.69) is 10.2 Å². The molecule has 1 heterocycles. The molecular weight excluding hydrogens is 240 g/mol. The zero-order valence-corrected chi connectivity index (χ0v) is 10.5. The van der Waals surface area contributed by atoms with E-state index >= 15 is 0 Å². The van der Waals surface area contributed by atoms with E-state index in [0.29, 0.717) is 0 Å². The highest BCUT2D eigenvalue weighted by Gasteiger charge is 2.34. The molecule has 0 bridgehead atoms. The molecule has 0 aromatic heterocycles. The van der Waals surface area contributed by atoms with Gasteiger partial charge in [0, 0.05) is 25.2 Å². The fraction of sp³-hybridized carbons (Fsp3) is 0.818. The van der Waals surface area contributed by atoms with Crippen LogP contribution in [-0.2, 0) is 9.59 Å². The highest BCUT2D eigenvalue weighted by atomic mass is 32.2. The normalized spacial score (nSPS) is 24.8. The SMILES string of the molecule is O=C(O)CSCC(=O)NC1CCN(C2CC2)C1. The predicted octanol–water partition coefficient (Wildman–Crippen LogP) is 0.157. The van der Waals surface area contributed by atoms with Crippen LogP contribution in [0.4, 0.5) is 0 Å². The maximum absolute atomic E-state index is 11.5. The molecular formula is C11H18N2O3S. The van der Waals surface area contributed by atoms with Gasteiger partial charge in [-0.05, 0) is 19.3 Å². The Morgan fingerprint density at radius 2 is 2.06 bits per heavy atom. The van der Waals surface area contributed by atoms with Gasteiger partial charge in [-0.1, -0.05) is 0 Å². The maximum Gasteiger partial charge on any atom is 0.313 e. The van der Waals surface area contributed by atoms with Crippen molar-refractivity contribution in [3.8, 4) is 0 Å². The molecule has 2 rings (SSSR count). The van der Waals surface area contributed by atoms with Gasteiger partial charge in [-0.15, -0.1) is 11.8 Å². The number of amides is 1. The molecule has 2 fully saturated rings. The van der Waals surface area contributed by atoms with E-state index in [-0.39, 0.29) is 23.5 Å². The van der Waals surface area contributed by atoms with Crippen LogP contribution in [0.25, 0.3) is 0 Å². The molecule has 2 aliphatic rings. The first kappa shape index (κ1) is 12.7. The Labute approximate surface area is 105 Å². The molecule has 1 amide bonds. The molecule has 5 nitrogen and oxygen atoms in total. The van der Waals surface area contributed by atoms with Crippen LogP contribution in [0.2, 0.25) is 0 Å². The van der Waals surface area contributed by atoms with E-state index in [1.165, 1.54) is 12.8 Å². The molecule has 1 atom stereocenters. The minimum absolute atomic E-state index is 0.00765. The summed E-state index contributed by atoms with van der Waals surface area (Å²) in [6.07, 6.45) is 3.62. The molecule has 1 aliphatic heterocycles. The fourth-order valence-electron chi connectivity index (χ4n) is 2.18. The minimum Gasteiger partial charge on any atom is -0.481 e. The van der Waals surface area contributed by atoms with E-state index < -0.39 is 5.97 Å². The lowest BCUT2D eigenvalue weighted by atomic mass is 10.2. The Hall–Kier alpha value is -0.750. The summed E-state index contributed by atoms with van der Waals surface area (Å²) in [6, 6.07) is 1.02. The molecule has 0 aromatic carbocycles. The molecule has 1 unspecified atom stereocenters. The second-order valence-corrected chi connectivity index (χ2v) is 5.65. The van der Waals surface area contributed by atoms with Gasteiger partial charge >= 0.3 is 5.97 Å². The molecule has 96 valence electrons. The largest absolute Gasteiger partial charge is 0.481 e. The van der Waals surface area contributed by atoms with Crippen molar-refractivity contribution in [3.05, 3.63) is 0 Å².